The lowest BCUT2D eigenvalue weighted by atomic mass is 10.1. The molecule has 0 atom stereocenters. The van der Waals surface area contributed by atoms with Gasteiger partial charge < -0.3 is 9.47 Å². The van der Waals surface area contributed by atoms with Gasteiger partial charge in [0.25, 0.3) is 0 Å². The van der Waals surface area contributed by atoms with E-state index in [0.29, 0.717) is 6.54 Å². The number of hydrogen-bond acceptors (Lipinski definition) is 1. The fourth-order valence-electron chi connectivity index (χ4n) is 2.51. The molecule has 1 aliphatic rings. The third kappa shape index (κ3) is 1.65. The molecule has 2 radical (unpaired) electrons. The third-order valence-corrected chi connectivity index (χ3v) is 3.49. The summed E-state index contributed by atoms with van der Waals surface area (Å²) in [5, 5.41) is 0. The van der Waals surface area contributed by atoms with Gasteiger partial charge >= 0.3 is 0 Å². The lowest BCUT2D eigenvalue weighted by Crippen LogP contribution is -2.29. The molecule has 2 heterocycles. The molecule has 1 amide bonds. The standard InChI is InChI=1S/C14H13BN2O/c1-10-6-7-12-9-17(14(15)18)13-5-3-2-4-11(13)8-16(10)12/h2-7H,8-9H2,1H3. The minimum Gasteiger partial charge on any atom is -0.343 e. The summed E-state index contributed by atoms with van der Waals surface area (Å²) in [7, 11) is 5.49. The van der Waals surface area contributed by atoms with Gasteiger partial charge in [-0.05, 0) is 30.7 Å². The van der Waals surface area contributed by atoms with Crippen LogP contribution in [0.3, 0.4) is 0 Å². The monoisotopic (exact) mass is 236 g/mol. The van der Waals surface area contributed by atoms with Gasteiger partial charge in [0, 0.05) is 23.6 Å². The first-order valence-electron chi connectivity index (χ1n) is 5.96. The van der Waals surface area contributed by atoms with Crippen LogP contribution in [-0.2, 0) is 13.1 Å². The number of anilines is 1. The highest BCUT2D eigenvalue weighted by Crippen LogP contribution is 2.28. The van der Waals surface area contributed by atoms with Crippen molar-refractivity contribution in [3.05, 3.63) is 53.3 Å². The van der Waals surface area contributed by atoms with Crippen LogP contribution in [0, 0.1) is 6.92 Å². The summed E-state index contributed by atoms with van der Waals surface area (Å²) in [6, 6.07) is 12.0. The number of aromatic nitrogens is 1. The van der Waals surface area contributed by atoms with Crippen LogP contribution in [-0.4, -0.2) is 18.2 Å². The highest BCUT2D eigenvalue weighted by atomic mass is 16.1. The Morgan fingerprint density at radius 3 is 2.72 bits per heavy atom. The molecule has 88 valence electrons. The first-order valence-corrected chi connectivity index (χ1v) is 5.96. The maximum absolute atomic E-state index is 11.6. The second kappa shape index (κ2) is 4.05. The number of amides is 1. The molecule has 2 aromatic rings. The summed E-state index contributed by atoms with van der Waals surface area (Å²) in [4.78, 5) is 13.3. The fourth-order valence-corrected chi connectivity index (χ4v) is 2.51. The van der Waals surface area contributed by atoms with Gasteiger partial charge in [-0.1, -0.05) is 18.2 Å². The van der Waals surface area contributed by atoms with Crippen molar-refractivity contribution in [3.8, 4) is 0 Å². The van der Waals surface area contributed by atoms with Gasteiger partial charge in [-0.2, -0.15) is 0 Å². The van der Waals surface area contributed by atoms with Gasteiger partial charge in [0.2, 0.25) is 7.85 Å². The predicted molar refractivity (Wildman–Crippen MR) is 72.0 cm³/mol. The first-order chi connectivity index (χ1) is 8.66. The number of rotatable bonds is 0. The Morgan fingerprint density at radius 1 is 1.17 bits per heavy atom. The summed E-state index contributed by atoms with van der Waals surface area (Å²) in [6.07, 6.45) is 0. The van der Waals surface area contributed by atoms with Crippen molar-refractivity contribution in [2.75, 3.05) is 4.90 Å². The molecule has 3 nitrogen and oxygen atoms in total. The molecular formula is C14H13BN2O. The van der Waals surface area contributed by atoms with Crippen LogP contribution < -0.4 is 4.90 Å². The van der Waals surface area contributed by atoms with Crippen molar-refractivity contribution in [2.24, 2.45) is 0 Å². The van der Waals surface area contributed by atoms with Gasteiger partial charge in [-0.15, -0.1) is 0 Å². The molecule has 0 fully saturated rings. The minimum absolute atomic E-state index is 0.408. The van der Waals surface area contributed by atoms with Crippen molar-refractivity contribution in [2.45, 2.75) is 20.0 Å². The van der Waals surface area contributed by atoms with Crippen LogP contribution in [0.5, 0.6) is 0 Å². The van der Waals surface area contributed by atoms with Gasteiger partial charge in [0.15, 0.2) is 5.81 Å². The average molecular weight is 236 g/mol. The molecule has 0 unspecified atom stereocenters. The lowest BCUT2D eigenvalue weighted by Gasteiger charge is -2.21. The summed E-state index contributed by atoms with van der Waals surface area (Å²) >= 11 is 0. The number of para-hydroxylation sites is 1. The Labute approximate surface area is 107 Å². The van der Waals surface area contributed by atoms with E-state index in [0.717, 1.165) is 23.5 Å². The van der Waals surface area contributed by atoms with E-state index in [1.165, 1.54) is 5.69 Å². The van der Waals surface area contributed by atoms with E-state index in [2.05, 4.69) is 23.6 Å². The second-order valence-electron chi connectivity index (χ2n) is 4.61. The molecule has 0 bridgehead atoms. The zero-order valence-corrected chi connectivity index (χ0v) is 10.3. The van der Waals surface area contributed by atoms with Gasteiger partial charge in [0.1, 0.15) is 0 Å². The molecule has 1 aromatic heterocycles. The zero-order valence-electron chi connectivity index (χ0n) is 10.3. The average Bonchev–Trinajstić information content (AvgIpc) is 2.61. The van der Waals surface area contributed by atoms with Crippen LogP contribution in [0.15, 0.2) is 36.4 Å². The van der Waals surface area contributed by atoms with Crippen molar-refractivity contribution >= 4 is 19.3 Å². The molecule has 0 aliphatic carbocycles. The Morgan fingerprint density at radius 2 is 1.94 bits per heavy atom. The van der Waals surface area contributed by atoms with E-state index in [1.807, 2.05) is 24.3 Å². The smallest absolute Gasteiger partial charge is 0.201 e. The molecule has 0 saturated carbocycles. The second-order valence-corrected chi connectivity index (χ2v) is 4.61. The van der Waals surface area contributed by atoms with Crippen molar-refractivity contribution < 1.29 is 4.79 Å². The first kappa shape index (κ1) is 11.1. The quantitative estimate of drug-likeness (QED) is 0.645. The Balaban J connectivity index is 2.18. The molecule has 3 rings (SSSR count). The van der Waals surface area contributed by atoms with Crippen LogP contribution >= 0.6 is 0 Å². The van der Waals surface area contributed by atoms with Gasteiger partial charge in [-0.3, -0.25) is 4.79 Å². The summed E-state index contributed by atoms with van der Waals surface area (Å²) in [6.45, 7) is 3.39. The van der Waals surface area contributed by atoms with Gasteiger partial charge in [0.05, 0.1) is 6.54 Å². The van der Waals surface area contributed by atoms with E-state index >= 15 is 0 Å². The van der Waals surface area contributed by atoms with Crippen LogP contribution in [0.4, 0.5) is 10.5 Å². The van der Waals surface area contributed by atoms with Crippen molar-refractivity contribution in [3.63, 3.8) is 0 Å². The summed E-state index contributed by atoms with van der Waals surface area (Å²) < 4.78 is 2.22. The maximum atomic E-state index is 11.6. The van der Waals surface area contributed by atoms with Crippen molar-refractivity contribution in [1.82, 2.24) is 4.57 Å². The van der Waals surface area contributed by atoms with Crippen LogP contribution in [0.2, 0.25) is 0 Å². The number of fused-ring (bicyclic) bond motifs is 2. The topological polar surface area (TPSA) is 25.2 Å². The van der Waals surface area contributed by atoms with Crippen molar-refractivity contribution in [1.29, 1.82) is 0 Å². The van der Waals surface area contributed by atoms with E-state index in [-0.39, 0.29) is 0 Å². The summed E-state index contributed by atoms with van der Waals surface area (Å²) in [5.74, 6) is -0.408. The maximum Gasteiger partial charge on any atom is 0.201 e. The fraction of sp³-hybridized carbons (Fsp3) is 0.214. The zero-order chi connectivity index (χ0) is 12.7. The Kier molecular flexibility index (Phi) is 2.51. The number of carbonyl (C=O) groups is 1. The number of carbonyl (C=O) groups excluding carboxylic acids is 1. The largest absolute Gasteiger partial charge is 0.343 e. The molecule has 4 heteroatoms. The number of hydrogen-bond donors (Lipinski definition) is 0. The number of aryl methyl sites for hydroxylation is 1. The van der Waals surface area contributed by atoms with E-state index < -0.39 is 5.81 Å². The van der Waals surface area contributed by atoms with Gasteiger partial charge in [-0.25, -0.2) is 0 Å². The number of nitrogens with zero attached hydrogens (tertiary/aromatic N) is 2. The van der Waals surface area contributed by atoms with E-state index in [1.54, 1.807) is 4.90 Å². The summed E-state index contributed by atoms with van der Waals surface area (Å²) in [5.41, 5.74) is 4.34. The minimum atomic E-state index is -0.408. The molecular weight excluding hydrogens is 223 g/mol. The molecule has 0 saturated heterocycles. The Bertz CT molecular complexity index is 618. The number of benzene rings is 1. The highest BCUT2D eigenvalue weighted by Gasteiger charge is 2.21. The molecule has 1 aromatic carbocycles. The van der Waals surface area contributed by atoms with Crippen LogP contribution in [0.1, 0.15) is 17.0 Å². The normalized spacial score (nSPS) is 13.7. The SMILES string of the molecule is [B]C(=O)N1Cc2ccc(C)n2Cc2ccccc21. The molecule has 18 heavy (non-hydrogen) atoms. The van der Waals surface area contributed by atoms with E-state index in [9.17, 15) is 4.79 Å². The van der Waals surface area contributed by atoms with E-state index in [4.69, 9.17) is 7.85 Å². The molecule has 0 spiro atoms. The third-order valence-electron chi connectivity index (χ3n) is 3.49. The van der Waals surface area contributed by atoms with Crippen LogP contribution in [0.25, 0.3) is 0 Å². The Hall–Kier alpha value is -1.97. The highest BCUT2D eigenvalue weighted by molar-refractivity contribution is 6.60. The molecule has 1 aliphatic heterocycles. The lowest BCUT2D eigenvalue weighted by molar-refractivity contribution is 0.263. The predicted octanol–water partition coefficient (Wildman–Crippen LogP) is 2.45. The molecule has 0 N–H and O–H groups in total.